The van der Waals surface area contributed by atoms with E-state index >= 15 is 0 Å². The van der Waals surface area contributed by atoms with E-state index in [9.17, 15) is 5.11 Å². The van der Waals surface area contributed by atoms with Crippen molar-refractivity contribution in [3.8, 4) is 27.4 Å². The van der Waals surface area contributed by atoms with E-state index < -0.39 is 0 Å². The molecule has 1 aromatic carbocycles. The molecule has 0 unspecified atom stereocenters. The summed E-state index contributed by atoms with van der Waals surface area (Å²) in [5.41, 5.74) is 3.80. The molecule has 1 aliphatic rings. The van der Waals surface area contributed by atoms with Gasteiger partial charge in [-0.25, -0.2) is 4.98 Å². The monoisotopic (exact) mass is 379 g/mol. The first-order chi connectivity index (χ1) is 13.2. The lowest BCUT2D eigenvalue weighted by atomic mass is 10.0. The number of likely N-dealkylation sites (tertiary alicyclic amines) is 1. The zero-order valence-electron chi connectivity index (χ0n) is 15.6. The van der Waals surface area contributed by atoms with Gasteiger partial charge < -0.3 is 15.3 Å². The minimum Gasteiger partial charge on any atom is -0.507 e. The standard InChI is InChI=1S/C22H25N3OS/c1-16-6-7-20(26)18(13-16)19-14-17(21-5-4-12-27-21)15-22(24-19)23-8-11-25-9-2-3-10-25/h4-7,12-15,26H,2-3,8-11H2,1H3,(H,23,24). The molecule has 27 heavy (non-hydrogen) atoms. The van der Waals surface area contributed by atoms with Crippen LogP contribution in [0, 0.1) is 6.92 Å². The van der Waals surface area contributed by atoms with Crippen molar-refractivity contribution in [3.63, 3.8) is 0 Å². The van der Waals surface area contributed by atoms with Crippen LogP contribution in [0.1, 0.15) is 18.4 Å². The topological polar surface area (TPSA) is 48.4 Å². The molecule has 1 fully saturated rings. The number of aromatic hydroxyl groups is 1. The number of anilines is 1. The van der Waals surface area contributed by atoms with Crippen molar-refractivity contribution in [2.24, 2.45) is 0 Å². The highest BCUT2D eigenvalue weighted by molar-refractivity contribution is 7.13. The van der Waals surface area contributed by atoms with Crippen molar-refractivity contribution >= 4 is 17.2 Å². The summed E-state index contributed by atoms with van der Waals surface area (Å²) >= 11 is 1.71. The lowest BCUT2D eigenvalue weighted by molar-refractivity contribution is 0.352. The van der Waals surface area contributed by atoms with Gasteiger partial charge in [0.05, 0.1) is 5.69 Å². The van der Waals surface area contributed by atoms with Crippen LogP contribution in [0.2, 0.25) is 0 Å². The molecule has 0 amide bonds. The second-order valence-corrected chi connectivity index (χ2v) is 8.05. The summed E-state index contributed by atoms with van der Waals surface area (Å²) < 4.78 is 0. The summed E-state index contributed by atoms with van der Waals surface area (Å²) in [6.07, 6.45) is 2.62. The van der Waals surface area contributed by atoms with E-state index in [2.05, 4.69) is 39.9 Å². The molecule has 2 N–H and O–H groups in total. The van der Waals surface area contributed by atoms with Crippen LogP contribution in [0.3, 0.4) is 0 Å². The molecule has 0 atom stereocenters. The maximum Gasteiger partial charge on any atom is 0.127 e. The predicted octanol–water partition coefficient (Wildman–Crippen LogP) is 5.00. The number of pyridine rings is 1. The van der Waals surface area contributed by atoms with Crippen LogP contribution in [-0.2, 0) is 0 Å². The number of rotatable bonds is 6. The highest BCUT2D eigenvalue weighted by atomic mass is 32.1. The fourth-order valence-electron chi connectivity index (χ4n) is 3.55. The Balaban J connectivity index is 1.63. The molecule has 0 saturated carbocycles. The molecule has 1 saturated heterocycles. The fourth-order valence-corrected chi connectivity index (χ4v) is 4.26. The number of benzene rings is 1. The first kappa shape index (κ1) is 18.0. The van der Waals surface area contributed by atoms with Gasteiger partial charge in [-0.15, -0.1) is 11.3 Å². The largest absolute Gasteiger partial charge is 0.507 e. The van der Waals surface area contributed by atoms with Crippen molar-refractivity contribution in [2.75, 3.05) is 31.5 Å². The number of nitrogens with zero attached hydrogens (tertiary/aromatic N) is 2. The minimum atomic E-state index is 0.263. The fraction of sp³-hybridized carbons (Fsp3) is 0.318. The first-order valence-electron chi connectivity index (χ1n) is 9.51. The third-order valence-electron chi connectivity index (χ3n) is 4.99. The molecule has 5 heteroatoms. The van der Waals surface area contributed by atoms with Crippen LogP contribution in [0.15, 0.2) is 47.8 Å². The van der Waals surface area contributed by atoms with Crippen LogP contribution in [0.4, 0.5) is 5.82 Å². The zero-order chi connectivity index (χ0) is 18.6. The lowest BCUT2D eigenvalue weighted by Crippen LogP contribution is -2.26. The molecule has 3 heterocycles. The van der Waals surface area contributed by atoms with Gasteiger partial charge in [0, 0.05) is 23.5 Å². The summed E-state index contributed by atoms with van der Waals surface area (Å²) in [6, 6.07) is 14.0. The average molecular weight is 380 g/mol. The van der Waals surface area contributed by atoms with E-state index in [1.807, 2.05) is 19.1 Å². The van der Waals surface area contributed by atoms with Gasteiger partial charge in [-0.3, -0.25) is 0 Å². The molecule has 4 rings (SSSR count). The summed E-state index contributed by atoms with van der Waals surface area (Å²) in [5, 5.41) is 15.9. The zero-order valence-corrected chi connectivity index (χ0v) is 16.4. The Morgan fingerprint density at radius 2 is 2.00 bits per heavy atom. The van der Waals surface area contributed by atoms with Gasteiger partial charge in [0.25, 0.3) is 0 Å². The molecule has 2 aromatic heterocycles. The van der Waals surface area contributed by atoms with Gasteiger partial charge in [0.2, 0.25) is 0 Å². The Morgan fingerprint density at radius 3 is 2.78 bits per heavy atom. The molecule has 0 spiro atoms. The maximum absolute atomic E-state index is 10.4. The number of phenols is 1. The number of phenolic OH excluding ortho intramolecular Hbond substituents is 1. The Hall–Kier alpha value is -2.37. The van der Waals surface area contributed by atoms with Crippen LogP contribution < -0.4 is 5.32 Å². The van der Waals surface area contributed by atoms with Crippen LogP contribution in [-0.4, -0.2) is 41.2 Å². The van der Waals surface area contributed by atoms with Gasteiger partial charge in [-0.1, -0.05) is 17.7 Å². The number of aromatic nitrogens is 1. The number of thiophene rings is 1. The van der Waals surface area contributed by atoms with Gasteiger partial charge in [0.15, 0.2) is 0 Å². The van der Waals surface area contributed by atoms with E-state index in [1.54, 1.807) is 17.4 Å². The highest BCUT2D eigenvalue weighted by Crippen LogP contribution is 2.34. The molecule has 3 aromatic rings. The van der Waals surface area contributed by atoms with Crippen molar-refractivity contribution in [1.29, 1.82) is 0 Å². The normalized spacial score (nSPS) is 14.6. The van der Waals surface area contributed by atoms with E-state index in [0.717, 1.165) is 41.3 Å². The SMILES string of the molecule is Cc1ccc(O)c(-c2cc(-c3cccs3)cc(NCCN3CCCC3)n2)c1. The van der Waals surface area contributed by atoms with Crippen molar-refractivity contribution in [3.05, 3.63) is 53.4 Å². The Morgan fingerprint density at radius 1 is 1.15 bits per heavy atom. The van der Waals surface area contributed by atoms with E-state index in [1.165, 1.54) is 30.8 Å². The van der Waals surface area contributed by atoms with Crippen molar-refractivity contribution in [2.45, 2.75) is 19.8 Å². The summed E-state index contributed by atoms with van der Waals surface area (Å²) in [6.45, 7) is 6.34. The summed E-state index contributed by atoms with van der Waals surface area (Å²) in [7, 11) is 0. The second kappa shape index (κ2) is 8.11. The minimum absolute atomic E-state index is 0.263. The molecule has 4 nitrogen and oxygen atoms in total. The van der Waals surface area contributed by atoms with Gasteiger partial charge in [0.1, 0.15) is 11.6 Å². The second-order valence-electron chi connectivity index (χ2n) is 7.10. The van der Waals surface area contributed by atoms with Gasteiger partial charge in [-0.05, 0) is 74.1 Å². The van der Waals surface area contributed by atoms with Gasteiger partial charge in [-0.2, -0.15) is 0 Å². The summed E-state index contributed by atoms with van der Waals surface area (Å²) in [5.74, 6) is 1.12. The number of hydrogen-bond donors (Lipinski definition) is 2. The molecule has 0 radical (unpaired) electrons. The molecule has 1 aliphatic heterocycles. The van der Waals surface area contributed by atoms with Crippen LogP contribution in [0.5, 0.6) is 5.75 Å². The Labute approximate surface area is 164 Å². The lowest BCUT2D eigenvalue weighted by Gasteiger charge is -2.16. The van der Waals surface area contributed by atoms with Gasteiger partial charge >= 0.3 is 0 Å². The van der Waals surface area contributed by atoms with E-state index in [0.29, 0.717) is 0 Å². The van der Waals surface area contributed by atoms with E-state index in [4.69, 9.17) is 4.98 Å². The molecule has 0 aliphatic carbocycles. The molecule has 140 valence electrons. The highest BCUT2D eigenvalue weighted by Gasteiger charge is 2.13. The third-order valence-corrected chi connectivity index (χ3v) is 5.91. The van der Waals surface area contributed by atoms with Crippen molar-refractivity contribution < 1.29 is 5.11 Å². The molecular weight excluding hydrogens is 354 g/mol. The number of nitrogens with one attached hydrogen (secondary N) is 1. The van der Waals surface area contributed by atoms with Crippen LogP contribution >= 0.6 is 11.3 Å². The molecule has 0 bridgehead atoms. The van der Waals surface area contributed by atoms with Crippen LogP contribution in [0.25, 0.3) is 21.7 Å². The number of aryl methyl sites for hydroxylation is 1. The maximum atomic E-state index is 10.4. The Kier molecular flexibility index (Phi) is 5.41. The van der Waals surface area contributed by atoms with Crippen molar-refractivity contribution in [1.82, 2.24) is 9.88 Å². The quantitative estimate of drug-likeness (QED) is 0.633. The first-order valence-corrected chi connectivity index (χ1v) is 10.4. The number of hydrogen-bond acceptors (Lipinski definition) is 5. The third kappa shape index (κ3) is 4.31. The predicted molar refractivity (Wildman–Crippen MR) is 114 cm³/mol. The molecular formula is C22H25N3OS. The van der Waals surface area contributed by atoms with E-state index in [-0.39, 0.29) is 5.75 Å². The Bertz CT molecular complexity index is 902. The summed E-state index contributed by atoms with van der Waals surface area (Å²) in [4.78, 5) is 8.49. The average Bonchev–Trinajstić information content (AvgIpc) is 3.37. The smallest absolute Gasteiger partial charge is 0.127 e.